The van der Waals surface area contributed by atoms with Gasteiger partial charge >= 0.3 is 0 Å². The van der Waals surface area contributed by atoms with Gasteiger partial charge in [-0.25, -0.2) is 0 Å². The van der Waals surface area contributed by atoms with Gasteiger partial charge in [0, 0.05) is 0 Å². The normalized spacial score (nSPS) is 11.6. The molecule has 0 aromatic heterocycles. The predicted octanol–water partition coefficient (Wildman–Crippen LogP) is 8.04. The standard InChI is InChI=1S/C25H34.C2H6/c1-9-19-14-21(16-22(15-19)24(3,4)5)13-12-20-11-10-18(2)23(17-20)25(6,7)8;1-2/h9-11,14-17H,1,12-13H2,2-8H3;1-2H3. The molecule has 0 heterocycles. The SMILES string of the molecule is C=Cc1cc(CCc2ccc(C)c(C(C)(C)C)c2)cc(C(C)(C)C)c1.CC. The van der Waals surface area contributed by atoms with Crippen molar-refractivity contribution in [3.8, 4) is 0 Å². The first kappa shape index (κ1) is 23.2. The smallest absolute Gasteiger partial charge is 0.0129 e. The third-order valence-corrected chi connectivity index (χ3v) is 4.93. The van der Waals surface area contributed by atoms with Gasteiger partial charge in [0.1, 0.15) is 0 Å². The van der Waals surface area contributed by atoms with E-state index in [1.54, 1.807) is 0 Å². The third-order valence-electron chi connectivity index (χ3n) is 4.93. The summed E-state index contributed by atoms with van der Waals surface area (Å²) in [4.78, 5) is 0. The van der Waals surface area contributed by atoms with Crippen molar-refractivity contribution >= 4 is 6.08 Å². The lowest BCUT2D eigenvalue weighted by Gasteiger charge is -2.23. The van der Waals surface area contributed by atoms with Gasteiger partial charge in [0.25, 0.3) is 0 Å². The summed E-state index contributed by atoms with van der Waals surface area (Å²) in [5.74, 6) is 0. The highest BCUT2D eigenvalue weighted by atomic mass is 14.2. The van der Waals surface area contributed by atoms with E-state index in [1.807, 2.05) is 19.9 Å². The molecule has 0 saturated carbocycles. The fourth-order valence-electron chi connectivity index (χ4n) is 3.33. The molecule has 0 spiro atoms. The maximum atomic E-state index is 3.96. The van der Waals surface area contributed by atoms with E-state index in [0.717, 1.165) is 12.8 Å². The third kappa shape index (κ3) is 6.69. The average Bonchev–Trinajstić information content (AvgIpc) is 2.60. The molecule has 0 aliphatic heterocycles. The molecule has 148 valence electrons. The molecule has 0 atom stereocenters. The van der Waals surface area contributed by atoms with E-state index in [2.05, 4.69) is 91.4 Å². The Labute approximate surface area is 168 Å². The highest BCUT2D eigenvalue weighted by molar-refractivity contribution is 5.51. The van der Waals surface area contributed by atoms with Gasteiger partial charge in [-0.2, -0.15) is 0 Å². The van der Waals surface area contributed by atoms with E-state index in [9.17, 15) is 0 Å². The lowest BCUT2D eigenvalue weighted by molar-refractivity contribution is 0.584. The van der Waals surface area contributed by atoms with Crippen molar-refractivity contribution in [2.45, 2.75) is 86.0 Å². The first-order chi connectivity index (χ1) is 12.5. The van der Waals surface area contributed by atoms with Gasteiger partial charge in [0.05, 0.1) is 0 Å². The summed E-state index contributed by atoms with van der Waals surface area (Å²) >= 11 is 0. The first-order valence-electron chi connectivity index (χ1n) is 10.4. The molecular formula is C27H40. The van der Waals surface area contributed by atoms with Crippen molar-refractivity contribution < 1.29 is 0 Å². The molecule has 0 nitrogen and oxygen atoms in total. The molecule has 0 radical (unpaired) electrons. The Bertz CT molecular complexity index is 749. The van der Waals surface area contributed by atoms with Crippen LogP contribution in [0.1, 0.15) is 88.8 Å². The van der Waals surface area contributed by atoms with Gasteiger partial charge in [-0.15, -0.1) is 0 Å². The monoisotopic (exact) mass is 364 g/mol. The van der Waals surface area contributed by atoms with Gasteiger partial charge in [-0.3, -0.25) is 0 Å². The Kier molecular flexibility index (Phi) is 8.08. The highest BCUT2D eigenvalue weighted by Crippen LogP contribution is 2.28. The molecular weight excluding hydrogens is 324 g/mol. The maximum Gasteiger partial charge on any atom is -0.0129 e. The Hall–Kier alpha value is -1.82. The lowest BCUT2D eigenvalue weighted by atomic mass is 9.82. The van der Waals surface area contributed by atoms with Crippen LogP contribution in [0.2, 0.25) is 0 Å². The van der Waals surface area contributed by atoms with E-state index in [4.69, 9.17) is 0 Å². The molecule has 0 aliphatic rings. The second kappa shape index (κ2) is 9.40. The first-order valence-corrected chi connectivity index (χ1v) is 10.4. The van der Waals surface area contributed by atoms with Crippen molar-refractivity contribution in [3.05, 3.63) is 76.4 Å². The fraction of sp³-hybridized carbons (Fsp3) is 0.481. The molecule has 27 heavy (non-hydrogen) atoms. The predicted molar refractivity (Wildman–Crippen MR) is 124 cm³/mol. The molecule has 0 aliphatic carbocycles. The average molecular weight is 365 g/mol. The molecule has 0 bridgehead atoms. The van der Waals surface area contributed by atoms with Crippen LogP contribution in [0.5, 0.6) is 0 Å². The summed E-state index contributed by atoms with van der Waals surface area (Å²) in [7, 11) is 0. The Morgan fingerprint density at radius 2 is 1.37 bits per heavy atom. The van der Waals surface area contributed by atoms with Crippen molar-refractivity contribution in [1.29, 1.82) is 0 Å². The van der Waals surface area contributed by atoms with E-state index < -0.39 is 0 Å². The highest BCUT2D eigenvalue weighted by Gasteiger charge is 2.17. The summed E-state index contributed by atoms with van der Waals surface area (Å²) in [5.41, 5.74) is 8.65. The largest absolute Gasteiger partial charge is 0.0985 e. The van der Waals surface area contributed by atoms with Gasteiger partial charge < -0.3 is 0 Å². The molecule has 2 aromatic rings. The zero-order chi connectivity index (χ0) is 20.8. The van der Waals surface area contributed by atoms with Crippen LogP contribution in [0, 0.1) is 6.92 Å². The van der Waals surface area contributed by atoms with Gasteiger partial charge in [0.15, 0.2) is 0 Å². The van der Waals surface area contributed by atoms with Crippen LogP contribution >= 0.6 is 0 Å². The molecule has 0 fully saturated rings. The zero-order valence-corrected chi connectivity index (χ0v) is 19.2. The van der Waals surface area contributed by atoms with Crippen LogP contribution in [-0.4, -0.2) is 0 Å². The maximum absolute atomic E-state index is 3.96. The second-order valence-corrected chi connectivity index (χ2v) is 9.32. The van der Waals surface area contributed by atoms with Gasteiger partial charge in [-0.1, -0.05) is 104 Å². The lowest BCUT2D eigenvalue weighted by Crippen LogP contribution is -2.13. The number of rotatable bonds is 4. The molecule has 0 amide bonds. The molecule has 0 saturated heterocycles. The van der Waals surface area contributed by atoms with Gasteiger partial charge in [-0.05, 0) is 64.0 Å². The Balaban J connectivity index is 0.00000176. The van der Waals surface area contributed by atoms with Crippen molar-refractivity contribution in [1.82, 2.24) is 0 Å². The molecule has 2 rings (SSSR count). The Morgan fingerprint density at radius 1 is 0.778 bits per heavy atom. The topological polar surface area (TPSA) is 0 Å². The molecule has 2 aromatic carbocycles. The van der Waals surface area contributed by atoms with Crippen LogP contribution in [0.25, 0.3) is 6.08 Å². The molecule has 0 unspecified atom stereocenters. The second-order valence-electron chi connectivity index (χ2n) is 9.32. The number of hydrogen-bond acceptors (Lipinski definition) is 0. The van der Waals surface area contributed by atoms with Crippen LogP contribution in [0.3, 0.4) is 0 Å². The van der Waals surface area contributed by atoms with Gasteiger partial charge in [0.2, 0.25) is 0 Å². The zero-order valence-electron chi connectivity index (χ0n) is 19.2. The number of benzene rings is 2. The van der Waals surface area contributed by atoms with E-state index >= 15 is 0 Å². The summed E-state index contributed by atoms with van der Waals surface area (Å²) in [6.45, 7) is 23.9. The number of aryl methyl sites for hydroxylation is 3. The minimum Gasteiger partial charge on any atom is -0.0985 e. The summed E-state index contributed by atoms with van der Waals surface area (Å²) in [6, 6.07) is 13.9. The minimum atomic E-state index is 0.164. The minimum absolute atomic E-state index is 0.164. The van der Waals surface area contributed by atoms with Crippen LogP contribution in [0.4, 0.5) is 0 Å². The van der Waals surface area contributed by atoms with E-state index in [1.165, 1.54) is 33.4 Å². The van der Waals surface area contributed by atoms with Crippen molar-refractivity contribution in [3.63, 3.8) is 0 Å². The van der Waals surface area contributed by atoms with E-state index in [0.29, 0.717) is 0 Å². The molecule has 0 N–H and O–H groups in total. The van der Waals surface area contributed by atoms with E-state index in [-0.39, 0.29) is 10.8 Å². The van der Waals surface area contributed by atoms with Crippen molar-refractivity contribution in [2.75, 3.05) is 0 Å². The van der Waals surface area contributed by atoms with Crippen molar-refractivity contribution in [2.24, 2.45) is 0 Å². The summed E-state index contributed by atoms with van der Waals surface area (Å²) in [6.07, 6.45) is 4.10. The Morgan fingerprint density at radius 3 is 1.89 bits per heavy atom. The fourth-order valence-corrected chi connectivity index (χ4v) is 3.33. The summed E-state index contributed by atoms with van der Waals surface area (Å²) in [5, 5.41) is 0. The van der Waals surface area contributed by atoms with Crippen LogP contribution in [-0.2, 0) is 23.7 Å². The summed E-state index contributed by atoms with van der Waals surface area (Å²) < 4.78 is 0. The van der Waals surface area contributed by atoms with Crippen LogP contribution in [0.15, 0.2) is 43.0 Å². The molecule has 0 heteroatoms. The quantitative estimate of drug-likeness (QED) is 0.515. The van der Waals surface area contributed by atoms with Crippen LogP contribution < -0.4 is 0 Å². The number of hydrogen-bond donors (Lipinski definition) is 0.